The lowest BCUT2D eigenvalue weighted by Crippen LogP contribution is -2.31. The van der Waals surface area contributed by atoms with Crippen LogP contribution in [0.1, 0.15) is 56.0 Å². The molecule has 1 N–H and O–H groups in total. The van der Waals surface area contributed by atoms with Gasteiger partial charge in [0.15, 0.2) is 5.60 Å². The molecule has 0 saturated carbocycles. The molecule has 43 heavy (non-hydrogen) atoms. The summed E-state index contributed by atoms with van der Waals surface area (Å²) in [6.45, 7) is 10.3. The Kier molecular flexibility index (Phi) is 7.51. The molecular weight excluding hydrogens is 565 g/mol. The molecule has 0 saturated heterocycles. The summed E-state index contributed by atoms with van der Waals surface area (Å²) in [5, 5.41) is 16.6. The second-order valence-corrected chi connectivity index (χ2v) is 11.0. The van der Waals surface area contributed by atoms with Gasteiger partial charge >= 0.3 is 12.1 Å². The van der Waals surface area contributed by atoms with Crippen LogP contribution in [0.3, 0.4) is 0 Å². The number of carbonyl (C=O) groups excluding carboxylic acids is 1. The van der Waals surface area contributed by atoms with Crippen LogP contribution in [0.25, 0.3) is 22.2 Å². The molecule has 12 heteroatoms. The molecule has 0 fully saturated rings. The lowest BCUT2D eigenvalue weighted by molar-refractivity contribution is 0.0527. The number of imidazole rings is 1. The van der Waals surface area contributed by atoms with Crippen molar-refractivity contribution in [1.82, 2.24) is 19.7 Å². The highest BCUT2D eigenvalue weighted by molar-refractivity contribution is 5.94. The summed E-state index contributed by atoms with van der Waals surface area (Å²) >= 11 is 0. The summed E-state index contributed by atoms with van der Waals surface area (Å²) in [6, 6.07) is 7.80. The van der Waals surface area contributed by atoms with Crippen molar-refractivity contribution in [2.75, 3.05) is 6.61 Å². The minimum atomic E-state index is -2.42. The average molecular weight is 595 g/mol. The van der Waals surface area contributed by atoms with E-state index in [9.17, 15) is 23.1 Å². The van der Waals surface area contributed by atoms with Crippen molar-refractivity contribution in [3.63, 3.8) is 0 Å². The molecule has 3 aromatic heterocycles. The molecule has 0 aliphatic carbocycles. The van der Waals surface area contributed by atoms with Crippen molar-refractivity contribution < 1.29 is 37.1 Å². The van der Waals surface area contributed by atoms with Crippen LogP contribution in [0.15, 0.2) is 53.2 Å². The van der Waals surface area contributed by atoms with Crippen LogP contribution in [-0.4, -0.2) is 43.1 Å². The van der Waals surface area contributed by atoms with Crippen LogP contribution < -0.4 is 4.74 Å². The fourth-order valence-electron chi connectivity index (χ4n) is 4.97. The van der Waals surface area contributed by atoms with Crippen LogP contribution in [0.5, 0.6) is 6.01 Å². The minimum Gasteiger partial charge on any atom is -0.465 e. The van der Waals surface area contributed by atoms with E-state index >= 15 is 0 Å². The van der Waals surface area contributed by atoms with Gasteiger partial charge < -0.3 is 19.1 Å². The Hall–Kier alpha value is -4.71. The van der Waals surface area contributed by atoms with Crippen molar-refractivity contribution in [3.05, 3.63) is 94.4 Å². The zero-order valence-electron chi connectivity index (χ0n) is 24.3. The lowest BCUT2D eigenvalue weighted by Gasteiger charge is -2.30. The zero-order chi connectivity index (χ0) is 31.3. The number of pyridine rings is 1. The molecule has 0 aliphatic heterocycles. The first-order chi connectivity index (χ1) is 20.2. The monoisotopic (exact) mass is 594 g/mol. The Labute approximate surface area is 244 Å². The number of fused-ring (bicyclic) bond motifs is 1. The van der Waals surface area contributed by atoms with Gasteiger partial charge in [-0.3, -0.25) is 4.98 Å². The molecule has 5 rings (SSSR count). The lowest BCUT2D eigenvalue weighted by atomic mass is 9.81. The van der Waals surface area contributed by atoms with E-state index in [-0.39, 0.29) is 40.5 Å². The number of aryl methyl sites for hydroxylation is 2. The third kappa shape index (κ3) is 5.45. The van der Waals surface area contributed by atoms with E-state index in [1.54, 1.807) is 47.6 Å². The number of carbonyl (C=O) groups is 1. The van der Waals surface area contributed by atoms with Gasteiger partial charge in [-0.15, -0.1) is 0 Å². The smallest absolute Gasteiger partial charge is 0.423 e. The molecule has 5 aromatic rings. The largest absolute Gasteiger partial charge is 0.465 e. The maximum atomic E-state index is 14.7. The van der Waals surface area contributed by atoms with E-state index in [0.717, 1.165) is 29.0 Å². The summed E-state index contributed by atoms with van der Waals surface area (Å²) in [5.74, 6) is -2.21. The zero-order valence-corrected chi connectivity index (χ0v) is 24.3. The Morgan fingerprint density at radius 3 is 2.28 bits per heavy atom. The number of hydrogen-bond donors (Lipinski definition) is 1. The maximum absolute atomic E-state index is 14.7. The predicted molar refractivity (Wildman–Crippen MR) is 150 cm³/mol. The Morgan fingerprint density at radius 2 is 1.72 bits per heavy atom. The van der Waals surface area contributed by atoms with Crippen molar-refractivity contribution in [3.8, 4) is 17.1 Å². The second kappa shape index (κ2) is 10.8. The number of hydrogen-bond acceptors (Lipinski definition) is 8. The molecule has 0 spiro atoms. The number of benzene rings is 2. The molecule has 0 amide bonds. The standard InChI is InChI=1S/C31H29F3N4O5/c1-7-41-28-36-27-23(31(40,25-9-8-20(32)15-35-25)19-12-21(33)14-22(34)13-19)10-18(26-16(2)37-43-17(26)3)11-24(27)38(28)29(39)42-30(4,5)6/h8-15,40H,7H2,1-6H3. The van der Waals surface area contributed by atoms with E-state index in [4.69, 9.17) is 14.0 Å². The van der Waals surface area contributed by atoms with Gasteiger partial charge in [0.1, 0.15) is 28.8 Å². The number of nitrogens with zero attached hydrogens (tertiary/aromatic N) is 4. The fourth-order valence-corrected chi connectivity index (χ4v) is 4.97. The number of aromatic nitrogens is 4. The molecule has 9 nitrogen and oxygen atoms in total. The van der Waals surface area contributed by atoms with Crippen LogP contribution in [0.2, 0.25) is 0 Å². The van der Waals surface area contributed by atoms with Gasteiger partial charge in [-0.05, 0) is 83.5 Å². The third-order valence-corrected chi connectivity index (χ3v) is 6.67. The number of ether oxygens (including phenoxy) is 2. The van der Waals surface area contributed by atoms with Gasteiger partial charge in [-0.2, -0.15) is 9.55 Å². The maximum Gasteiger partial charge on any atom is 0.423 e. The molecule has 1 unspecified atom stereocenters. The van der Waals surface area contributed by atoms with Crippen molar-refractivity contribution in [2.45, 2.75) is 52.7 Å². The Bertz CT molecular complexity index is 1800. The fraction of sp³-hybridized carbons (Fsp3) is 0.290. The summed E-state index contributed by atoms with van der Waals surface area (Å²) in [7, 11) is 0. The first kappa shape index (κ1) is 29.8. The molecule has 2 aromatic carbocycles. The highest BCUT2D eigenvalue weighted by Gasteiger charge is 2.40. The summed E-state index contributed by atoms with van der Waals surface area (Å²) in [6.07, 6.45) is 0.0523. The van der Waals surface area contributed by atoms with Crippen LogP contribution >= 0.6 is 0 Å². The van der Waals surface area contributed by atoms with Gasteiger partial charge in [0.05, 0.1) is 35.2 Å². The molecule has 0 aliphatic rings. The van der Waals surface area contributed by atoms with Crippen LogP contribution in [-0.2, 0) is 10.3 Å². The van der Waals surface area contributed by atoms with Crippen LogP contribution in [0.4, 0.5) is 18.0 Å². The predicted octanol–water partition coefficient (Wildman–Crippen LogP) is 6.59. The molecule has 0 bridgehead atoms. The number of rotatable bonds is 6. The van der Waals surface area contributed by atoms with Crippen molar-refractivity contribution >= 4 is 17.1 Å². The van der Waals surface area contributed by atoms with Crippen molar-refractivity contribution in [1.29, 1.82) is 0 Å². The summed E-state index contributed by atoms with van der Waals surface area (Å²) in [5.41, 5.74) is -2.14. The number of aliphatic hydroxyl groups is 1. The van der Waals surface area contributed by atoms with E-state index in [0.29, 0.717) is 28.6 Å². The topological polar surface area (TPSA) is 112 Å². The van der Waals surface area contributed by atoms with Crippen molar-refractivity contribution in [2.24, 2.45) is 0 Å². The highest BCUT2D eigenvalue weighted by Crippen LogP contribution is 2.43. The summed E-state index contributed by atoms with van der Waals surface area (Å²) < 4.78 is 61.2. The van der Waals surface area contributed by atoms with E-state index < -0.39 is 34.7 Å². The SMILES string of the molecule is CCOc1nc2c(C(O)(c3cc(F)cc(F)c3)c3ccc(F)cn3)cc(-c3c(C)noc3C)cc2n1C(=O)OC(C)(C)C. The first-order valence-corrected chi connectivity index (χ1v) is 13.4. The normalized spacial score (nSPS) is 13.3. The number of halogens is 3. The molecule has 224 valence electrons. The average Bonchev–Trinajstić information content (AvgIpc) is 3.45. The third-order valence-electron chi connectivity index (χ3n) is 6.67. The summed E-state index contributed by atoms with van der Waals surface area (Å²) in [4.78, 5) is 22.2. The van der Waals surface area contributed by atoms with Gasteiger partial charge in [-0.25, -0.2) is 18.0 Å². The first-order valence-electron chi connectivity index (χ1n) is 13.4. The van der Waals surface area contributed by atoms with Crippen LogP contribution in [0, 0.1) is 31.3 Å². The van der Waals surface area contributed by atoms with Gasteiger partial charge in [0.2, 0.25) is 0 Å². The molecule has 1 atom stereocenters. The Balaban J connectivity index is 1.96. The Morgan fingerprint density at radius 1 is 1.02 bits per heavy atom. The van der Waals surface area contributed by atoms with Gasteiger partial charge in [0, 0.05) is 22.8 Å². The molecule has 0 radical (unpaired) electrons. The quantitative estimate of drug-likeness (QED) is 0.234. The van der Waals surface area contributed by atoms with Gasteiger partial charge in [-0.1, -0.05) is 5.16 Å². The van der Waals surface area contributed by atoms with E-state index in [1.807, 2.05) is 0 Å². The second-order valence-electron chi connectivity index (χ2n) is 11.0. The van der Waals surface area contributed by atoms with Gasteiger partial charge in [0.25, 0.3) is 0 Å². The van der Waals surface area contributed by atoms with E-state index in [2.05, 4.69) is 15.1 Å². The minimum absolute atomic E-state index is 0.0307. The molecular formula is C31H29F3N4O5. The highest BCUT2D eigenvalue weighted by atomic mass is 19.1. The molecule has 3 heterocycles. The van der Waals surface area contributed by atoms with E-state index in [1.165, 1.54) is 12.1 Å².